The van der Waals surface area contributed by atoms with E-state index < -0.39 is 0 Å². The van der Waals surface area contributed by atoms with Gasteiger partial charge in [0.2, 0.25) is 0 Å². The molecule has 0 aliphatic carbocycles. The fourth-order valence-corrected chi connectivity index (χ4v) is 2.97. The van der Waals surface area contributed by atoms with Gasteiger partial charge in [0.15, 0.2) is 11.7 Å². The molecule has 1 aromatic heterocycles. The lowest BCUT2D eigenvalue weighted by Gasteiger charge is -2.16. The maximum Gasteiger partial charge on any atom is 0.191 e. The molecule has 1 saturated heterocycles. The molecular formula is C21H31IN4O3. The Balaban J connectivity index is 0.00000300. The SMILES string of the molecule is CCNC(=NCc1ccc(C)cc1OC1CCOC1)NCc1cc(CC)no1.I. The van der Waals surface area contributed by atoms with E-state index in [4.69, 9.17) is 19.0 Å². The monoisotopic (exact) mass is 514 g/mol. The number of benzene rings is 1. The number of hydrogen-bond acceptors (Lipinski definition) is 5. The van der Waals surface area contributed by atoms with Crippen LogP contribution in [0.1, 0.15) is 42.8 Å². The molecule has 0 bridgehead atoms. The zero-order valence-electron chi connectivity index (χ0n) is 17.4. The number of aryl methyl sites for hydroxylation is 2. The van der Waals surface area contributed by atoms with Gasteiger partial charge in [0.05, 0.1) is 32.0 Å². The van der Waals surface area contributed by atoms with Crippen molar-refractivity contribution in [1.82, 2.24) is 15.8 Å². The van der Waals surface area contributed by atoms with Crippen LogP contribution in [0.5, 0.6) is 5.75 Å². The Labute approximate surface area is 189 Å². The summed E-state index contributed by atoms with van der Waals surface area (Å²) in [6.45, 7) is 9.42. The first-order valence-electron chi connectivity index (χ1n) is 9.98. The van der Waals surface area contributed by atoms with Crippen LogP contribution in [-0.2, 0) is 24.2 Å². The average Bonchev–Trinajstić information content (AvgIpc) is 3.37. The van der Waals surface area contributed by atoms with Gasteiger partial charge in [0.25, 0.3) is 0 Å². The smallest absolute Gasteiger partial charge is 0.191 e. The molecule has 1 aliphatic rings. The third-order valence-corrected chi connectivity index (χ3v) is 4.56. The number of hydrogen-bond donors (Lipinski definition) is 2. The molecule has 1 aliphatic heterocycles. The van der Waals surface area contributed by atoms with Gasteiger partial charge in [-0.3, -0.25) is 0 Å². The summed E-state index contributed by atoms with van der Waals surface area (Å²) >= 11 is 0. The second-order valence-corrected chi connectivity index (χ2v) is 6.90. The molecular weight excluding hydrogens is 483 g/mol. The van der Waals surface area contributed by atoms with Crippen molar-refractivity contribution < 1.29 is 14.0 Å². The van der Waals surface area contributed by atoms with Crippen molar-refractivity contribution in [2.24, 2.45) is 4.99 Å². The zero-order chi connectivity index (χ0) is 19.8. The predicted molar refractivity (Wildman–Crippen MR) is 124 cm³/mol. The van der Waals surface area contributed by atoms with Gasteiger partial charge in [0.1, 0.15) is 11.9 Å². The van der Waals surface area contributed by atoms with Crippen molar-refractivity contribution in [1.29, 1.82) is 0 Å². The first-order valence-corrected chi connectivity index (χ1v) is 9.98. The van der Waals surface area contributed by atoms with E-state index in [0.717, 1.165) is 54.7 Å². The minimum Gasteiger partial charge on any atom is -0.488 e. The summed E-state index contributed by atoms with van der Waals surface area (Å²) < 4.78 is 16.9. The summed E-state index contributed by atoms with van der Waals surface area (Å²) in [5.74, 6) is 2.41. The van der Waals surface area contributed by atoms with Crippen LogP contribution < -0.4 is 15.4 Å². The fourth-order valence-electron chi connectivity index (χ4n) is 2.97. The number of nitrogens with zero attached hydrogens (tertiary/aromatic N) is 2. The highest BCUT2D eigenvalue weighted by molar-refractivity contribution is 14.0. The Kier molecular flexibility index (Phi) is 9.72. The maximum absolute atomic E-state index is 6.17. The molecule has 0 spiro atoms. The standard InChI is InChI=1S/C21H30N4O3.HI/c1-4-17-11-19(28-25-17)13-24-21(22-5-2)23-12-16-7-6-15(3)10-20(16)27-18-8-9-26-14-18;/h6-7,10-11,18H,4-5,8-9,12-14H2,1-3H3,(H2,22,23,24);1H. The fraction of sp³-hybridized carbons (Fsp3) is 0.524. The van der Waals surface area contributed by atoms with Gasteiger partial charge in [-0.25, -0.2) is 4.99 Å². The van der Waals surface area contributed by atoms with Gasteiger partial charge in [-0.05, 0) is 31.9 Å². The van der Waals surface area contributed by atoms with Gasteiger partial charge < -0.3 is 24.6 Å². The highest BCUT2D eigenvalue weighted by Crippen LogP contribution is 2.24. The summed E-state index contributed by atoms with van der Waals surface area (Å²) in [7, 11) is 0. The molecule has 2 aromatic rings. The number of rotatable bonds is 8. The van der Waals surface area contributed by atoms with Crippen LogP contribution in [0, 0.1) is 6.92 Å². The van der Waals surface area contributed by atoms with E-state index in [1.807, 2.05) is 13.0 Å². The summed E-state index contributed by atoms with van der Waals surface area (Å²) in [4.78, 5) is 4.71. The van der Waals surface area contributed by atoms with Crippen molar-refractivity contribution in [2.75, 3.05) is 19.8 Å². The molecule has 0 amide bonds. The number of halogens is 1. The van der Waals surface area contributed by atoms with Gasteiger partial charge >= 0.3 is 0 Å². The lowest BCUT2D eigenvalue weighted by Crippen LogP contribution is -2.36. The molecule has 1 aromatic carbocycles. The third kappa shape index (κ3) is 7.18. The normalized spacial score (nSPS) is 16.4. The highest BCUT2D eigenvalue weighted by atomic mass is 127. The Morgan fingerprint density at radius 1 is 1.28 bits per heavy atom. The lowest BCUT2D eigenvalue weighted by molar-refractivity contribution is 0.140. The van der Waals surface area contributed by atoms with E-state index in [2.05, 4.69) is 47.8 Å². The molecule has 1 fully saturated rings. The summed E-state index contributed by atoms with van der Waals surface area (Å²) in [5.41, 5.74) is 3.18. The molecule has 29 heavy (non-hydrogen) atoms. The number of aliphatic imine (C=N–C) groups is 1. The summed E-state index contributed by atoms with van der Waals surface area (Å²) in [6, 6.07) is 8.21. The van der Waals surface area contributed by atoms with Crippen molar-refractivity contribution in [3.8, 4) is 5.75 Å². The number of nitrogens with one attached hydrogen (secondary N) is 2. The average molecular weight is 514 g/mol. The molecule has 0 saturated carbocycles. The van der Waals surface area contributed by atoms with Crippen molar-refractivity contribution in [3.63, 3.8) is 0 Å². The largest absolute Gasteiger partial charge is 0.488 e. The van der Waals surface area contributed by atoms with Crippen LogP contribution in [0.2, 0.25) is 0 Å². The van der Waals surface area contributed by atoms with Crippen LogP contribution in [0.4, 0.5) is 0 Å². The van der Waals surface area contributed by atoms with Crippen LogP contribution in [0.3, 0.4) is 0 Å². The first-order chi connectivity index (χ1) is 13.7. The van der Waals surface area contributed by atoms with Gasteiger partial charge in [0, 0.05) is 24.6 Å². The van der Waals surface area contributed by atoms with E-state index in [0.29, 0.717) is 19.7 Å². The topological polar surface area (TPSA) is 80.9 Å². The molecule has 1 unspecified atom stereocenters. The van der Waals surface area contributed by atoms with Crippen LogP contribution in [0.15, 0.2) is 33.8 Å². The van der Waals surface area contributed by atoms with Crippen molar-refractivity contribution >= 4 is 29.9 Å². The quantitative estimate of drug-likeness (QED) is 0.319. The molecule has 3 rings (SSSR count). The Bertz CT molecular complexity index is 788. The zero-order valence-corrected chi connectivity index (χ0v) is 19.7. The summed E-state index contributed by atoms with van der Waals surface area (Å²) in [6.07, 6.45) is 1.91. The van der Waals surface area contributed by atoms with E-state index in [1.54, 1.807) is 0 Å². The van der Waals surface area contributed by atoms with E-state index in [1.165, 1.54) is 5.56 Å². The molecule has 7 nitrogen and oxygen atoms in total. The molecule has 2 heterocycles. The van der Waals surface area contributed by atoms with Gasteiger partial charge in [-0.1, -0.05) is 24.2 Å². The Hall–Kier alpha value is -1.81. The third-order valence-electron chi connectivity index (χ3n) is 4.56. The lowest BCUT2D eigenvalue weighted by atomic mass is 10.1. The van der Waals surface area contributed by atoms with E-state index in [9.17, 15) is 0 Å². The molecule has 0 radical (unpaired) electrons. The number of guanidine groups is 1. The summed E-state index contributed by atoms with van der Waals surface area (Å²) in [5, 5.41) is 10.6. The minimum absolute atomic E-state index is 0. The second-order valence-electron chi connectivity index (χ2n) is 6.90. The second kappa shape index (κ2) is 12.0. The first kappa shape index (κ1) is 23.5. The minimum atomic E-state index is 0. The number of ether oxygens (including phenoxy) is 2. The van der Waals surface area contributed by atoms with Crippen molar-refractivity contribution in [3.05, 3.63) is 46.8 Å². The van der Waals surface area contributed by atoms with Crippen LogP contribution >= 0.6 is 24.0 Å². The van der Waals surface area contributed by atoms with E-state index in [-0.39, 0.29) is 30.1 Å². The predicted octanol–water partition coefficient (Wildman–Crippen LogP) is 3.59. The molecule has 160 valence electrons. The molecule has 2 N–H and O–H groups in total. The van der Waals surface area contributed by atoms with E-state index >= 15 is 0 Å². The highest BCUT2D eigenvalue weighted by Gasteiger charge is 2.18. The van der Waals surface area contributed by atoms with Crippen LogP contribution in [-0.4, -0.2) is 37.0 Å². The number of aromatic nitrogens is 1. The maximum atomic E-state index is 6.17. The van der Waals surface area contributed by atoms with Crippen LogP contribution in [0.25, 0.3) is 0 Å². The van der Waals surface area contributed by atoms with Gasteiger partial charge in [-0.2, -0.15) is 0 Å². The molecule has 8 heteroatoms. The Morgan fingerprint density at radius 3 is 2.83 bits per heavy atom. The molecule has 1 atom stereocenters. The van der Waals surface area contributed by atoms with Gasteiger partial charge in [-0.15, -0.1) is 24.0 Å². The Morgan fingerprint density at radius 2 is 2.14 bits per heavy atom. The van der Waals surface area contributed by atoms with Crippen molar-refractivity contribution in [2.45, 2.75) is 52.8 Å².